The number of hydrogen-bond acceptors (Lipinski definition) is 6. The van der Waals surface area contributed by atoms with E-state index in [4.69, 9.17) is 9.47 Å². The second kappa shape index (κ2) is 10.3. The zero-order chi connectivity index (χ0) is 18.3. The van der Waals surface area contributed by atoms with E-state index in [1.165, 1.54) is 6.20 Å². The molecule has 0 aliphatic carbocycles. The smallest absolute Gasteiger partial charge is 0.547 e. The topological polar surface area (TPSA) is 101 Å². The molecule has 134 valence electrons. The molecule has 1 rings (SSSR count). The van der Waals surface area contributed by atoms with Crippen molar-refractivity contribution in [1.29, 1.82) is 0 Å². The molecule has 1 N–H and O–H groups in total. The number of nitrogens with zero attached hydrogens (tertiary/aromatic N) is 1. The molecule has 0 bridgehead atoms. The monoisotopic (exact) mass is 348 g/mol. The van der Waals surface area contributed by atoms with Gasteiger partial charge in [-0.15, -0.1) is 0 Å². The molecule has 0 aliphatic heterocycles. The van der Waals surface area contributed by atoms with Crippen LogP contribution in [0.15, 0.2) is 12.3 Å². The zero-order valence-corrected chi connectivity index (χ0v) is 15.2. The average Bonchev–Trinajstić information content (AvgIpc) is 2.43. The number of unbranched alkanes of at least 4 members (excludes halogenated alkanes) is 1. The first-order valence-electron chi connectivity index (χ1n) is 7.62. The van der Waals surface area contributed by atoms with Gasteiger partial charge in [0.25, 0.3) is 0 Å². The Morgan fingerprint density at radius 2 is 2.04 bits per heavy atom. The fourth-order valence-corrected chi connectivity index (χ4v) is 1.72. The van der Waals surface area contributed by atoms with Gasteiger partial charge in [-0.2, -0.15) is 0 Å². The molecule has 0 aliphatic rings. The molecule has 0 saturated heterocycles. The van der Waals surface area contributed by atoms with Gasteiger partial charge in [0.2, 0.25) is 0 Å². The van der Waals surface area contributed by atoms with Crippen LogP contribution in [0.1, 0.15) is 52.3 Å². The summed E-state index contributed by atoms with van der Waals surface area (Å²) in [5, 5.41) is 13.3. The van der Waals surface area contributed by atoms with Gasteiger partial charge in [-0.25, -0.2) is 9.18 Å². The number of aliphatic carboxylic acids is 1. The Morgan fingerprint density at radius 3 is 2.52 bits per heavy atom. The van der Waals surface area contributed by atoms with Crippen LogP contribution in [0.2, 0.25) is 0 Å². The Bertz CT molecular complexity index is 592. The van der Waals surface area contributed by atoms with Gasteiger partial charge < -0.3 is 24.7 Å². The Hall–Kier alpha value is -1.78. The molecule has 0 saturated carbocycles. The Balaban J connectivity index is 0.00000576. The third-order valence-corrected chi connectivity index (χ3v) is 2.78. The molecule has 1 unspecified atom stereocenters. The third-order valence-electron chi connectivity index (χ3n) is 2.78. The van der Waals surface area contributed by atoms with Crippen LogP contribution in [0.3, 0.4) is 0 Å². The summed E-state index contributed by atoms with van der Waals surface area (Å²) in [6.45, 7) is 7.22. The maximum atomic E-state index is 14.1. The summed E-state index contributed by atoms with van der Waals surface area (Å²) in [4.78, 5) is 26.7. The number of pyridine rings is 1. The fraction of sp³-hybridized carbons (Fsp3) is 0.562. The largest absolute Gasteiger partial charge is 1.00 e. The molecule has 0 aromatic carbocycles. The van der Waals surface area contributed by atoms with Crippen molar-refractivity contribution in [3.05, 3.63) is 23.8 Å². The van der Waals surface area contributed by atoms with Crippen molar-refractivity contribution in [2.45, 2.75) is 52.2 Å². The van der Waals surface area contributed by atoms with Crippen LogP contribution in [0.25, 0.3) is 0 Å². The summed E-state index contributed by atoms with van der Waals surface area (Å²) in [7, 11) is 0. The summed E-state index contributed by atoms with van der Waals surface area (Å²) in [5.41, 5.74) is -1.31. The number of ether oxygens (including phenoxy) is 2. The standard InChI is InChI=1S/C16H23FN2O5.Li/c1-5-6-7-23-10-8-11(17)12(18-9-10)13(14(20)21)19-15(22)24-16(2,3)4;/h8-9,13H,5-7H2,1-4H3,(H,19,22)(H,20,21);/q;+1/p-1. The van der Waals surface area contributed by atoms with Crippen LogP contribution in [0.4, 0.5) is 9.18 Å². The Morgan fingerprint density at radius 1 is 1.40 bits per heavy atom. The van der Waals surface area contributed by atoms with Gasteiger partial charge in [-0.3, -0.25) is 4.98 Å². The first-order valence-corrected chi connectivity index (χ1v) is 7.62. The second-order valence-corrected chi connectivity index (χ2v) is 6.14. The van der Waals surface area contributed by atoms with E-state index in [0.29, 0.717) is 6.61 Å². The number of nitrogens with one attached hydrogen (secondary N) is 1. The number of rotatable bonds is 7. The molecule has 1 atom stereocenters. The van der Waals surface area contributed by atoms with Crippen molar-refractivity contribution >= 4 is 12.1 Å². The molecule has 7 nitrogen and oxygen atoms in total. The van der Waals surface area contributed by atoms with E-state index in [1.807, 2.05) is 12.2 Å². The Labute approximate surface area is 158 Å². The predicted octanol–water partition coefficient (Wildman–Crippen LogP) is -1.28. The minimum Gasteiger partial charge on any atom is -0.547 e. The number of halogens is 1. The number of amides is 1. The Kier molecular flexibility index (Phi) is 9.53. The van der Waals surface area contributed by atoms with Gasteiger partial charge in [-0.05, 0) is 27.2 Å². The number of carboxylic acid groups (broad SMARTS) is 1. The number of carbonyl (C=O) groups is 2. The van der Waals surface area contributed by atoms with Crippen LogP contribution in [-0.4, -0.2) is 29.3 Å². The van der Waals surface area contributed by atoms with Crippen molar-refractivity contribution < 1.29 is 47.4 Å². The maximum Gasteiger partial charge on any atom is 1.00 e. The van der Waals surface area contributed by atoms with E-state index in [0.717, 1.165) is 18.9 Å². The molecule has 1 aromatic rings. The van der Waals surface area contributed by atoms with Gasteiger partial charge in [0.1, 0.15) is 23.1 Å². The molecule has 25 heavy (non-hydrogen) atoms. The number of hydrogen-bond donors (Lipinski definition) is 1. The summed E-state index contributed by atoms with van der Waals surface area (Å²) in [6, 6.07) is -0.755. The molecular weight excluding hydrogens is 326 g/mol. The van der Waals surface area contributed by atoms with Gasteiger partial charge in [0, 0.05) is 6.07 Å². The molecule has 1 heterocycles. The van der Waals surface area contributed by atoms with E-state index in [-0.39, 0.29) is 24.6 Å². The van der Waals surface area contributed by atoms with Crippen LogP contribution in [0, 0.1) is 5.82 Å². The summed E-state index contributed by atoms with van der Waals surface area (Å²) in [5.74, 6) is -2.44. The predicted molar refractivity (Wildman–Crippen MR) is 81.7 cm³/mol. The minimum atomic E-state index is -1.77. The van der Waals surface area contributed by atoms with Crippen molar-refractivity contribution in [3.8, 4) is 5.75 Å². The van der Waals surface area contributed by atoms with Gasteiger partial charge in [-0.1, -0.05) is 13.3 Å². The van der Waals surface area contributed by atoms with Crippen LogP contribution in [0.5, 0.6) is 5.75 Å². The minimum absolute atomic E-state index is 0. The van der Waals surface area contributed by atoms with Gasteiger partial charge in [0.05, 0.1) is 18.8 Å². The van der Waals surface area contributed by atoms with Crippen LogP contribution < -0.4 is 34.0 Å². The maximum absolute atomic E-state index is 14.1. The first kappa shape index (κ1) is 23.2. The van der Waals surface area contributed by atoms with E-state index in [9.17, 15) is 19.1 Å². The summed E-state index contributed by atoms with van der Waals surface area (Å²) in [6.07, 6.45) is 1.90. The zero-order valence-electron chi connectivity index (χ0n) is 15.2. The van der Waals surface area contributed by atoms with Crippen molar-refractivity contribution in [2.24, 2.45) is 0 Å². The van der Waals surface area contributed by atoms with E-state index >= 15 is 0 Å². The van der Waals surface area contributed by atoms with E-state index < -0.39 is 35.2 Å². The quantitative estimate of drug-likeness (QED) is 0.487. The number of carboxylic acids is 1. The van der Waals surface area contributed by atoms with E-state index in [2.05, 4.69) is 4.98 Å². The van der Waals surface area contributed by atoms with Gasteiger partial charge >= 0.3 is 25.0 Å². The van der Waals surface area contributed by atoms with E-state index in [1.54, 1.807) is 20.8 Å². The SMILES string of the molecule is CCCCOc1cnc(C(NC(=O)OC(C)(C)C)C(=O)[O-])c(F)c1.[Li+]. The number of aromatic nitrogens is 1. The molecule has 9 heteroatoms. The van der Waals surface area contributed by atoms with Crippen molar-refractivity contribution in [1.82, 2.24) is 10.3 Å². The van der Waals surface area contributed by atoms with Crippen molar-refractivity contribution in [3.63, 3.8) is 0 Å². The second-order valence-electron chi connectivity index (χ2n) is 6.14. The molecular formula is C16H22FLiN2O5. The summed E-state index contributed by atoms with van der Waals surface area (Å²) >= 11 is 0. The average molecular weight is 348 g/mol. The molecule has 0 spiro atoms. The number of carbonyl (C=O) groups excluding carboxylic acids is 2. The molecule has 0 radical (unpaired) electrons. The van der Waals surface area contributed by atoms with Gasteiger partial charge in [0.15, 0.2) is 5.82 Å². The fourth-order valence-electron chi connectivity index (χ4n) is 1.72. The molecule has 1 amide bonds. The normalized spacial score (nSPS) is 11.9. The molecule has 0 fully saturated rings. The first-order chi connectivity index (χ1) is 11.1. The number of alkyl carbamates (subject to hydrolysis) is 1. The third kappa shape index (κ3) is 8.23. The van der Waals surface area contributed by atoms with Crippen LogP contribution in [-0.2, 0) is 9.53 Å². The summed E-state index contributed by atoms with van der Waals surface area (Å²) < 4.78 is 24.4. The van der Waals surface area contributed by atoms with Crippen LogP contribution >= 0.6 is 0 Å². The molecule has 1 aromatic heterocycles. The van der Waals surface area contributed by atoms with Crippen molar-refractivity contribution in [2.75, 3.05) is 6.61 Å².